The van der Waals surface area contributed by atoms with E-state index in [4.69, 9.17) is 9.47 Å². The summed E-state index contributed by atoms with van der Waals surface area (Å²) >= 11 is 0. The van der Waals surface area contributed by atoms with Gasteiger partial charge in [0.1, 0.15) is 12.4 Å². The lowest BCUT2D eigenvalue weighted by molar-refractivity contribution is -0.140. The van der Waals surface area contributed by atoms with Crippen molar-refractivity contribution in [1.82, 2.24) is 5.32 Å². The Morgan fingerprint density at radius 2 is 1.76 bits per heavy atom. The fourth-order valence-electron chi connectivity index (χ4n) is 4.82. The molecule has 0 saturated carbocycles. The van der Waals surface area contributed by atoms with Gasteiger partial charge in [0, 0.05) is 29.3 Å². The topological polar surface area (TPSA) is 64.6 Å². The standard InChI is InChI=1S/C29H33NO4/c1-5-15-33-22-13-11-21(12-14-22)26-25(28(32)34-18-20-9-7-6-8-10-20)19(2)30-23-16-29(3,4)17-24(31)27(23)26/h6-14,26,30H,5,15-18H2,1-4H3/t26-/m1/s1. The molecule has 1 aliphatic heterocycles. The molecule has 2 aliphatic rings. The fraction of sp³-hybridized carbons (Fsp3) is 0.379. The summed E-state index contributed by atoms with van der Waals surface area (Å²) in [6.45, 7) is 8.99. The molecule has 4 rings (SSSR count). The van der Waals surface area contributed by atoms with E-state index in [1.165, 1.54) is 0 Å². The highest BCUT2D eigenvalue weighted by Gasteiger charge is 2.43. The third kappa shape index (κ3) is 5.09. The van der Waals surface area contributed by atoms with Crippen LogP contribution < -0.4 is 10.1 Å². The maximum atomic E-state index is 13.4. The van der Waals surface area contributed by atoms with Gasteiger partial charge < -0.3 is 14.8 Å². The summed E-state index contributed by atoms with van der Waals surface area (Å²) in [4.78, 5) is 26.8. The van der Waals surface area contributed by atoms with Crippen LogP contribution in [0, 0.1) is 5.41 Å². The van der Waals surface area contributed by atoms with Gasteiger partial charge in [-0.15, -0.1) is 0 Å². The van der Waals surface area contributed by atoms with Crippen molar-refractivity contribution in [2.45, 2.75) is 59.5 Å². The van der Waals surface area contributed by atoms with Gasteiger partial charge in [-0.25, -0.2) is 4.79 Å². The number of benzene rings is 2. The highest BCUT2D eigenvalue weighted by molar-refractivity contribution is 6.04. The summed E-state index contributed by atoms with van der Waals surface area (Å²) in [5, 5.41) is 3.39. The van der Waals surface area contributed by atoms with Gasteiger partial charge in [-0.2, -0.15) is 0 Å². The number of nitrogens with one attached hydrogen (secondary N) is 1. The van der Waals surface area contributed by atoms with Gasteiger partial charge in [0.05, 0.1) is 12.2 Å². The average Bonchev–Trinajstić information content (AvgIpc) is 2.80. The molecule has 1 N–H and O–H groups in total. The largest absolute Gasteiger partial charge is 0.494 e. The highest BCUT2D eigenvalue weighted by atomic mass is 16.5. The maximum Gasteiger partial charge on any atom is 0.337 e. The molecule has 2 aromatic carbocycles. The van der Waals surface area contributed by atoms with Crippen molar-refractivity contribution in [3.8, 4) is 5.75 Å². The minimum Gasteiger partial charge on any atom is -0.494 e. The minimum atomic E-state index is -0.469. The van der Waals surface area contributed by atoms with Crippen LogP contribution in [0.15, 0.2) is 77.1 Å². The number of ketones is 1. The van der Waals surface area contributed by atoms with Gasteiger partial charge in [0.15, 0.2) is 5.78 Å². The molecule has 1 atom stereocenters. The van der Waals surface area contributed by atoms with Crippen LogP contribution in [0.25, 0.3) is 0 Å². The fourth-order valence-corrected chi connectivity index (χ4v) is 4.82. The van der Waals surface area contributed by atoms with Crippen LogP contribution in [0.5, 0.6) is 5.75 Å². The van der Waals surface area contributed by atoms with Crippen molar-refractivity contribution >= 4 is 11.8 Å². The lowest BCUT2D eigenvalue weighted by atomic mass is 9.68. The lowest BCUT2D eigenvalue weighted by Crippen LogP contribution is -2.38. The van der Waals surface area contributed by atoms with Crippen LogP contribution in [-0.2, 0) is 20.9 Å². The van der Waals surface area contributed by atoms with Crippen LogP contribution in [-0.4, -0.2) is 18.4 Å². The molecule has 0 bridgehead atoms. The first-order valence-electron chi connectivity index (χ1n) is 12.0. The van der Waals surface area contributed by atoms with E-state index in [1.54, 1.807) is 0 Å². The molecule has 1 heterocycles. The molecule has 0 unspecified atom stereocenters. The predicted octanol–water partition coefficient (Wildman–Crippen LogP) is 5.82. The first kappa shape index (κ1) is 23.8. The quantitative estimate of drug-likeness (QED) is 0.528. The number of carbonyl (C=O) groups excluding carboxylic acids is 2. The SMILES string of the molecule is CCCOc1ccc([C@@H]2C(C(=O)OCc3ccccc3)=C(C)NC3=C2C(=O)CC(C)(C)C3)cc1. The maximum absolute atomic E-state index is 13.4. The predicted molar refractivity (Wildman–Crippen MR) is 132 cm³/mol. The molecule has 0 saturated heterocycles. The van der Waals surface area contributed by atoms with Crippen molar-refractivity contribution in [2.24, 2.45) is 5.41 Å². The normalized spacial score (nSPS) is 19.4. The molecule has 5 nitrogen and oxygen atoms in total. The van der Waals surface area contributed by atoms with E-state index in [0.717, 1.165) is 41.1 Å². The monoisotopic (exact) mass is 459 g/mol. The Bertz CT molecular complexity index is 1130. The first-order chi connectivity index (χ1) is 16.3. The molecule has 34 heavy (non-hydrogen) atoms. The van der Waals surface area contributed by atoms with Gasteiger partial charge >= 0.3 is 5.97 Å². The van der Waals surface area contributed by atoms with Crippen LogP contribution >= 0.6 is 0 Å². The third-order valence-electron chi connectivity index (χ3n) is 6.36. The van der Waals surface area contributed by atoms with Gasteiger partial charge in [-0.3, -0.25) is 4.79 Å². The molecule has 0 radical (unpaired) electrons. The molecule has 0 amide bonds. The van der Waals surface area contributed by atoms with Crippen molar-refractivity contribution in [2.75, 3.05) is 6.61 Å². The second-order valence-electron chi connectivity index (χ2n) is 9.91. The molecule has 0 aromatic heterocycles. The summed E-state index contributed by atoms with van der Waals surface area (Å²) in [5.41, 5.74) is 4.49. The third-order valence-corrected chi connectivity index (χ3v) is 6.36. The van der Waals surface area contributed by atoms with E-state index in [-0.39, 0.29) is 17.8 Å². The van der Waals surface area contributed by atoms with Crippen molar-refractivity contribution in [3.05, 3.63) is 88.3 Å². The van der Waals surface area contributed by atoms with E-state index in [1.807, 2.05) is 61.5 Å². The van der Waals surface area contributed by atoms with Gasteiger partial charge in [-0.1, -0.05) is 63.2 Å². The van der Waals surface area contributed by atoms with Gasteiger partial charge in [0.2, 0.25) is 0 Å². The summed E-state index contributed by atoms with van der Waals surface area (Å²) in [6.07, 6.45) is 2.13. The molecule has 0 fully saturated rings. The summed E-state index contributed by atoms with van der Waals surface area (Å²) in [6, 6.07) is 17.3. The number of allylic oxidation sites excluding steroid dienone is 3. The Hall–Kier alpha value is -3.34. The van der Waals surface area contributed by atoms with E-state index in [2.05, 4.69) is 26.1 Å². The smallest absolute Gasteiger partial charge is 0.337 e. The molecule has 0 spiro atoms. The van der Waals surface area contributed by atoms with Crippen molar-refractivity contribution in [3.63, 3.8) is 0 Å². The lowest BCUT2D eigenvalue weighted by Gasteiger charge is -2.39. The number of esters is 1. The zero-order chi connectivity index (χ0) is 24.3. The first-order valence-corrected chi connectivity index (χ1v) is 12.0. The zero-order valence-electron chi connectivity index (χ0n) is 20.4. The molecule has 178 valence electrons. The Labute approximate surface area is 201 Å². The van der Waals surface area contributed by atoms with Gasteiger partial charge in [0.25, 0.3) is 0 Å². The summed E-state index contributed by atoms with van der Waals surface area (Å²) < 4.78 is 11.5. The number of hydrogen-bond acceptors (Lipinski definition) is 5. The van der Waals surface area contributed by atoms with E-state index < -0.39 is 11.9 Å². The van der Waals surface area contributed by atoms with E-state index in [9.17, 15) is 9.59 Å². The number of carbonyl (C=O) groups is 2. The Morgan fingerprint density at radius 3 is 2.44 bits per heavy atom. The van der Waals surface area contributed by atoms with E-state index >= 15 is 0 Å². The Kier molecular flexibility index (Phi) is 6.92. The number of ether oxygens (including phenoxy) is 2. The van der Waals surface area contributed by atoms with Crippen molar-refractivity contribution in [1.29, 1.82) is 0 Å². The second kappa shape index (κ2) is 9.88. The van der Waals surface area contributed by atoms with Crippen LogP contribution in [0.3, 0.4) is 0 Å². The number of rotatable bonds is 7. The van der Waals surface area contributed by atoms with Crippen molar-refractivity contribution < 1.29 is 19.1 Å². The average molecular weight is 460 g/mol. The molecule has 1 aliphatic carbocycles. The second-order valence-corrected chi connectivity index (χ2v) is 9.91. The molecule has 2 aromatic rings. The van der Waals surface area contributed by atoms with E-state index in [0.29, 0.717) is 24.2 Å². The highest BCUT2D eigenvalue weighted by Crippen LogP contribution is 2.47. The molecular weight excluding hydrogens is 426 g/mol. The van der Waals surface area contributed by atoms with Crippen LogP contribution in [0.1, 0.15) is 64.0 Å². The molecular formula is C29H33NO4. The number of Topliss-reactive ketones (excluding diaryl/α,β-unsaturated/α-hetero) is 1. The van der Waals surface area contributed by atoms with Crippen LogP contribution in [0.4, 0.5) is 0 Å². The van der Waals surface area contributed by atoms with Crippen LogP contribution in [0.2, 0.25) is 0 Å². The van der Waals surface area contributed by atoms with Gasteiger partial charge in [-0.05, 0) is 48.4 Å². The number of hydrogen-bond donors (Lipinski definition) is 1. The summed E-state index contributed by atoms with van der Waals surface area (Å²) in [7, 11) is 0. The number of dihydropyridines is 1. The Balaban J connectivity index is 1.70. The minimum absolute atomic E-state index is 0.0796. The summed E-state index contributed by atoms with van der Waals surface area (Å²) in [5.74, 6) is -0.0210. The Morgan fingerprint density at radius 1 is 1.06 bits per heavy atom. The molecule has 5 heteroatoms. The zero-order valence-corrected chi connectivity index (χ0v) is 20.4.